The molecule has 0 aromatic rings. The maximum Gasteiger partial charge on any atom is 0.490 e. The summed E-state index contributed by atoms with van der Waals surface area (Å²) in [7, 11) is 0. The maximum atomic E-state index is 11.9. The average molecular weight is 282 g/mol. The van der Waals surface area contributed by atoms with Crippen molar-refractivity contribution in [3.05, 3.63) is 0 Å². The third-order valence-corrected chi connectivity index (χ3v) is 3.10. The van der Waals surface area contributed by atoms with Crippen LogP contribution in [-0.2, 0) is 14.3 Å². The first-order valence-corrected chi connectivity index (χ1v) is 6.06. The van der Waals surface area contributed by atoms with E-state index in [1.54, 1.807) is 0 Å². The Kier molecular flexibility index (Phi) is 5.59. The van der Waals surface area contributed by atoms with Gasteiger partial charge in [-0.1, -0.05) is 0 Å². The smallest absolute Gasteiger partial charge is 0.449 e. The van der Waals surface area contributed by atoms with E-state index in [0.29, 0.717) is 25.6 Å². The SMILES string of the molecule is NCCC1CCN(C(=O)COC(=O)C(F)(F)F)CC1. The van der Waals surface area contributed by atoms with Gasteiger partial charge < -0.3 is 15.4 Å². The van der Waals surface area contributed by atoms with Crippen LogP contribution in [0.1, 0.15) is 19.3 Å². The summed E-state index contributed by atoms with van der Waals surface area (Å²) in [5, 5.41) is 0. The second kappa shape index (κ2) is 6.74. The second-order valence-corrected chi connectivity index (χ2v) is 4.48. The highest BCUT2D eigenvalue weighted by atomic mass is 19.4. The van der Waals surface area contributed by atoms with E-state index in [1.165, 1.54) is 4.90 Å². The van der Waals surface area contributed by atoms with E-state index in [4.69, 9.17) is 5.73 Å². The summed E-state index contributed by atoms with van der Waals surface area (Å²) in [6.45, 7) is 0.655. The molecule has 1 aliphatic rings. The van der Waals surface area contributed by atoms with Gasteiger partial charge >= 0.3 is 12.1 Å². The first-order chi connectivity index (χ1) is 8.84. The lowest BCUT2D eigenvalue weighted by atomic mass is 9.94. The molecule has 8 heteroatoms. The largest absolute Gasteiger partial charge is 0.490 e. The van der Waals surface area contributed by atoms with E-state index in [2.05, 4.69) is 4.74 Å². The number of hydrogen-bond acceptors (Lipinski definition) is 4. The van der Waals surface area contributed by atoms with E-state index in [0.717, 1.165) is 19.3 Å². The number of hydrogen-bond donors (Lipinski definition) is 1. The molecule has 1 rings (SSSR count). The number of piperidine rings is 1. The molecule has 0 spiro atoms. The highest BCUT2D eigenvalue weighted by molar-refractivity contribution is 5.82. The molecule has 110 valence electrons. The van der Waals surface area contributed by atoms with Crippen LogP contribution in [0.25, 0.3) is 0 Å². The molecule has 0 aromatic heterocycles. The number of halogens is 3. The van der Waals surface area contributed by atoms with Gasteiger partial charge in [-0.05, 0) is 31.7 Å². The topological polar surface area (TPSA) is 72.6 Å². The van der Waals surface area contributed by atoms with Crippen LogP contribution in [-0.4, -0.2) is 49.2 Å². The summed E-state index contributed by atoms with van der Waals surface area (Å²) >= 11 is 0. The lowest BCUT2D eigenvalue weighted by Crippen LogP contribution is -2.41. The standard InChI is InChI=1S/C11H17F3N2O3/c12-11(13,14)10(18)19-7-9(17)16-5-2-8(1-4-15)3-6-16/h8H,1-7,15H2. The van der Waals surface area contributed by atoms with E-state index >= 15 is 0 Å². The normalized spacial score (nSPS) is 17.4. The summed E-state index contributed by atoms with van der Waals surface area (Å²) < 4.78 is 39.5. The van der Waals surface area contributed by atoms with Gasteiger partial charge in [0.2, 0.25) is 0 Å². The third kappa shape index (κ3) is 5.06. The van der Waals surface area contributed by atoms with Crippen LogP contribution in [0.15, 0.2) is 0 Å². The minimum Gasteiger partial charge on any atom is -0.449 e. The molecule has 0 bridgehead atoms. The van der Waals surface area contributed by atoms with Gasteiger partial charge in [0.05, 0.1) is 0 Å². The molecule has 19 heavy (non-hydrogen) atoms. The molecule has 0 radical (unpaired) electrons. The molecule has 1 saturated heterocycles. The van der Waals surface area contributed by atoms with E-state index in [9.17, 15) is 22.8 Å². The highest BCUT2D eigenvalue weighted by Gasteiger charge is 2.41. The molecule has 2 N–H and O–H groups in total. The summed E-state index contributed by atoms with van der Waals surface area (Å²) in [5.74, 6) is -2.48. The molecule has 0 unspecified atom stereocenters. The van der Waals surface area contributed by atoms with Crippen molar-refractivity contribution in [3.63, 3.8) is 0 Å². The van der Waals surface area contributed by atoms with Crippen molar-refractivity contribution in [1.82, 2.24) is 4.90 Å². The molecule has 5 nitrogen and oxygen atoms in total. The van der Waals surface area contributed by atoms with Crippen LogP contribution in [0.4, 0.5) is 13.2 Å². The highest BCUT2D eigenvalue weighted by Crippen LogP contribution is 2.20. The molecular formula is C11H17F3N2O3. The number of amides is 1. The van der Waals surface area contributed by atoms with E-state index < -0.39 is 24.7 Å². The minimum absolute atomic E-state index is 0.451. The number of esters is 1. The van der Waals surface area contributed by atoms with Gasteiger partial charge in [-0.3, -0.25) is 4.79 Å². The summed E-state index contributed by atoms with van der Waals surface area (Å²) in [4.78, 5) is 23.4. The number of ether oxygens (including phenoxy) is 1. The van der Waals surface area contributed by atoms with Crippen molar-refractivity contribution < 1.29 is 27.5 Å². The fourth-order valence-corrected chi connectivity index (χ4v) is 2.01. The fourth-order valence-electron chi connectivity index (χ4n) is 2.01. The van der Waals surface area contributed by atoms with E-state index in [-0.39, 0.29) is 0 Å². The second-order valence-electron chi connectivity index (χ2n) is 4.48. The molecule has 1 aliphatic heterocycles. The minimum atomic E-state index is -5.06. The Hall–Kier alpha value is -1.31. The number of nitrogens with zero attached hydrogens (tertiary/aromatic N) is 1. The van der Waals surface area contributed by atoms with Crippen molar-refractivity contribution in [2.75, 3.05) is 26.2 Å². The van der Waals surface area contributed by atoms with Gasteiger partial charge in [0.25, 0.3) is 5.91 Å². The first kappa shape index (κ1) is 15.7. The van der Waals surface area contributed by atoms with Crippen LogP contribution >= 0.6 is 0 Å². The molecule has 0 aliphatic carbocycles. The summed E-state index contributed by atoms with van der Waals surface area (Å²) in [5.41, 5.74) is 5.43. The Labute approximate surface area is 108 Å². The van der Waals surface area contributed by atoms with E-state index in [1.807, 2.05) is 0 Å². The molecule has 0 atom stereocenters. The zero-order valence-electron chi connectivity index (χ0n) is 10.4. The van der Waals surface area contributed by atoms with Crippen LogP contribution < -0.4 is 5.73 Å². The van der Waals surface area contributed by atoms with Gasteiger partial charge in [0.1, 0.15) is 0 Å². The number of carbonyl (C=O) groups is 2. The average Bonchev–Trinajstić information content (AvgIpc) is 2.35. The predicted octanol–water partition coefficient (Wildman–Crippen LogP) is 0.679. The van der Waals surface area contributed by atoms with Crippen LogP contribution in [0.2, 0.25) is 0 Å². The van der Waals surface area contributed by atoms with Gasteiger partial charge in [-0.2, -0.15) is 13.2 Å². The Morgan fingerprint density at radius 1 is 1.26 bits per heavy atom. The molecule has 1 fully saturated rings. The predicted molar refractivity (Wildman–Crippen MR) is 60.0 cm³/mol. The summed E-state index contributed by atoms with van der Waals surface area (Å²) in [6.07, 6.45) is -2.63. The Bertz CT molecular complexity index is 326. The zero-order valence-corrected chi connectivity index (χ0v) is 10.4. The molecule has 1 heterocycles. The van der Waals surface area contributed by atoms with Crippen LogP contribution in [0, 0.1) is 5.92 Å². The molecule has 0 aromatic carbocycles. The first-order valence-electron chi connectivity index (χ1n) is 6.06. The number of rotatable bonds is 4. The number of alkyl halides is 3. The Balaban J connectivity index is 2.30. The molecule has 1 amide bonds. The quantitative estimate of drug-likeness (QED) is 0.770. The van der Waals surface area contributed by atoms with Gasteiger partial charge in [0, 0.05) is 13.1 Å². The lowest BCUT2D eigenvalue weighted by Gasteiger charge is -2.31. The third-order valence-electron chi connectivity index (χ3n) is 3.10. The fraction of sp³-hybridized carbons (Fsp3) is 0.818. The van der Waals surface area contributed by atoms with Crippen molar-refractivity contribution in [1.29, 1.82) is 0 Å². The number of likely N-dealkylation sites (tertiary alicyclic amines) is 1. The van der Waals surface area contributed by atoms with Gasteiger partial charge in [0.15, 0.2) is 6.61 Å². The molecule has 0 saturated carbocycles. The number of carbonyl (C=O) groups excluding carboxylic acids is 2. The maximum absolute atomic E-state index is 11.9. The molecular weight excluding hydrogens is 265 g/mol. The Morgan fingerprint density at radius 2 is 1.84 bits per heavy atom. The van der Waals surface area contributed by atoms with Crippen molar-refractivity contribution in [2.45, 2.75) is 25.4 Å². The van der Waals surface area contributed by atoms with Crippen LogP contribution in [0.5, 0.6) is 0 Å². The van der Waals surface area contributed by atoms with Crippen molar-refractivity contribution in [2.24, 2.45) is 11.7 Å². The van der Waals surface area contributed by atoms with Crippen molar-refractivity contribution >= 4 is 11.9 Å². The summed E-state index contributed by atoms with van der Waals surface area (Å²) in [6, 6.07) is 0. The van der Waals surface area contributed by atoms with Crippen LogP contribution in [0.3, 0.4) is 0 Å². The van der Waals surface area contributed by atoms with Crippen molar-refractivity contribution in [3.8, 4) is 0 Å². The monoisotopic (exact) mass is 282 g/mol. The zero-order chi connectivity index (χ0) is 14.5. The van der Waals surface area contributed by atoms with Gasteiger partial charge in [-0.15, -0.1) is 0 Å². The Morgan fingerprint density at radius 3 is 2.32 bits per heavy atom. The van der Waals surface area contributed by atoms with Gasteiger partial charge in [-0.25, -0.2) is 4.79 Å². The lowest BCUT2D eigenvalue weighted by molar-refractivity contribution is -0.200. The number of nitrogens with two attached hydrogens (primary N) is 1.